The topological polar surface area (TPSA) is 25.8 Å². The van der Waals surface area contributed by atoms with Crippen LogP contribution in [0.15, 0.2) is 194 Å². The molecule has 4 heteroatoms. The van der Waals surface area contributed by atoms with E-state index in [2.05, 4.69) is 236 Å². The third kappa shape index (κ3) is 7.22. The Morgan fingerprint density at radius 1 is 0.309 bits per heavy atom. The van der Waals surface area contributed by atoms with Crippen LogP contribution in [0.4, 0.5) is 0 Å². The fourth-order valence-corrected chi connectivity index (χ4v) is 12.1. The van der Waals surface area contributed by atoms with Gasteiger partial charge in [0.15, 0.2) is 0 Å². The number of hydrogen-bond acceptors (Lipinski definition) is 4. The quantitative estimate of drug-likeness (QED) is 0.155. The zero-order valence-corrected chi connectivity index (χ0v) is 40.8. The third-order valence-electron chi connectivity index (χ3n) is 13.7. The first-order valence-corrected chi connectivity index (χ1v) is 25.2. The molecular formula is C64H50N2S2. The fraction of sp³-hybridized carbons (Fsp3) is 0.125. The maximum absolute atomic E-state index is 5.20. The monoisotopic (exact) mass is 910 g/mol. The predicted molar refractivity (Wildman–Crippen MR) is 295 cm³/mol. The highest BCUT2D eigenvalue weighted by atomic mass is 32.1. The summed E-state index contributed by atoms with van der Waals surface area (Å²) in [5.41, 5.74) is 16.8. The van der Waals surface area contributed by atoms with Gasteiger partial charge in [0, 0.05) is 11.1 Å². The van der Waals surface area contributed by atoms with Crippen LogP contribution in [0.5, 0.6) is 0 Å². The van der Waals surface area contributed by atoms with Crippen molar-refractivity contribution >= 4 is 75.4 Å². The summed E-state index contributed by atoms with van der Waals surface area (Å²) in [6, 6.07) is 72.0. The average molecular weight is 911 g/mol. The Morgan fingerprint density at radius 3 is 1.10 bits per heavy atom. The van der Waals surface area contributed by atoms with Gasteiger partial charge in [-0.25, -0.2) is 9.97 Å². The van der Waals surface area contributed by atoms with Crippen LogP contribution in [0.2, 0.25) is 0 Å². The molecule has 12 rings (SSSR count). The standard InChI is InChI=1S/C64H50N2S2/c1-63(2,3)45-34-36-53-52(37-45)66-62(67-53)44-31-27-42(28-32-44)58-50-24-16-15-23-49(50)57(41-25-29-43(30-26-41)61-65-51-35-33-46(64(4,5)6)38-54(51)68-61)59-55(39-17-9-7-10-18-39)47-21-13-14-22-48(47)56(60(58)59)40-19-11-8-12-20-40/h7-38H,1-6H3. The largest absolute Gasteiger partial charge is 0.236 e. The van der Waals surface area contributed by atoms with E-state index in [1.54, 1.807) is 22.7 Å². The van der Waals surface area contributed by atoms with E-state index in [-0.39, 0.29) is 10.8 Å². The minimum atomic E-state index is 0.0582. The molecule has 0 radical (unpaired) electrons. The molecule has 0 N–H and O–H groups in total. The van der Waals surface area contributed by atoms with Crippen molar-refractivity contribution in [3.8, 4) is 65.6 Å². The van der Waals surface area contributed by atoms with Crippen molar-refractivity contribution in [2.24, 2.45) is 0 Å². The Morgan fingerprint density at radius 2 is 0.662 bits per heavy atom. The molecule has 0 atom stereocenters. The second kappa shape index (κ2) is 16.2. The van der Waals surface area contributed by atoms with Crippen LogP contribution in [-0.2, 0) is 10.8 Å². The van der Waals surface area contributed by atoms with E-state index in [4.69, 9.17) is 9.97 Å². The summed E-state index contributed by atoms with van der Waals surface area (Å²) < 4.78 is 2.43. The van der Waals surface area contributed by atoms with Crippen LogP contribution in [0.1, 0.15) is 52.7 Å². The number of aromatic nitrogens is 2. The molecule has 0 aliphatic heterocycles. The van der Waals surface area contributed by atoms with E-state index >= 15 is 0 Å². The molecule has 0 aliphatic carbocycles. The minimum Gasteiger partial charge on any atom is -0.236 e. The van der Waals surface area contributed by atoms with Crippen LogP contribution in [0, 0.1) is 0 Å². The lowest BCUT2D eigenvalue weighted by molar-refractivity contribution is 0.591. The van der Waals surface area contributed by atoms with E-state index in [1.807, 2.05) is 0 Å². The SMILES string of the molecule is CC(C)(C)c1ccc2sc(-c3ccc(-c4c5ccccc5c(-c5ccc(-c6nc7ccc(C(C)(C)C)cc7s6)cc5)c5c(-c6ccccc6)c6ccccc6c(-c6ccccc6)c45)cc3)nc2c1. The Balaban J connectivity index is 1.14. The van der Waals surface area contributed by atoms with Crippen LogP contribution in [-0.4, -0.2) is 9.97 Å². The summed E-state index contributed by atoms with van der Waals surface area (Å²) in [4.78, 5) is 10.4. The molecule has 2 heterocycles. The number of benzene rings is 10. The van der Waals surface area contributed by atoms with Gasteiger partial charge in [-0.15, -0.1) is 22.7 Å². The summed E-state index contributed by atoms with van der Waals surface area (Å²) in [7, 11) is 0. The number of nitrogens with zero attached hydrogens (tertiary/aromatic N) is 2. The predicted octanol–water partition coefficient (Wildman–Crippen LogP) is 19.0. The normalized spacial score (nSPS) is 12.3. The lowest BCUT2D eigenvalue weighted by Crippen LogP contribution is -2.10. The van der Waals surface area contributed by atoms with Gasteiger partial charge in [-0.2, -0.15) is 0 Å². The lowest BCUT2D eigenvalue weighted by atomic mass is 9.77. The first-order valence-electron chi connectivity index (χ1n) is 23.6. The van der Waals surface area contributed by atoms with E-state index in [0.29, 0.717) is 0 Å². The van der Waals surface area contributed by atoms with Crippen molar-refractivity contribution in [3.05, 3.63) is 205 Å². The van der Waals surface area contributed by atoms with Crippen LogP contribution in [0.3, 0.4) is 0 Å². The summed E-state index contributed by atoms with van der Waals surface area (Å²) in [6.07, 6.45) is 0. The molecule has 328 valence electrons. The molecule has 0 aliphatic rings. The van der Waals surface area contributed by atoms with Crippen molar-refractivity contribution in [1.82, 2.24) is 9.97 Å². The van der Waals surface area contributed by atoms with Crippen molar-refractivity contribution < 1.29 is 0 Å². The molecule has 10 aromatic carbocycles. The first kappa shape index (κ1) is 42.1. The Labute approximate surface area is 406 Å². The number of hydrogen-bond donors (Lipinski definition) is 0. The molecule has 0 bridgehead atoms. The fourth-order valence-electron chi connectivity index (χ4n) is 10.1. The Hall–Kier alpha value is -7.24. The van der Waals surface area contributed by atoms with E-state index in [0.717, 1.165) is 32.2 Å². The van der Waals surface area contributed by atoms with Crippen LogP contribution in [0.25, 0.3) is 118 Å². The van der Waals surface area contributed by atoms with Crippen molar-refractivity contribution in [1.29, 1.82) is 0 Å². The molecule has 68 heavy (non-hydrogen) atoms. The van der Waals surface area contributed by atoms with Gasteiger partial charge in [-0.1, -0.05) is 211 Å². The highest BCUT2D eigenvalue weighted by molar-refractivity contribution is 7.22. The zero-order chi connectivity index (χ0) is 46.3. The van der Waals surface area contributed by atoms with Gasteiger partial charge in [0.1, 0.15) is 10.0 Å². The van der Waals surface area contributed by atoms with E-state index in [1.165, 1.54) is 97.4 Å². The number of thiazole rings is 2. The van der Waals surface area contributed by atoms with Crippen molar-refractivity contribution in [3.63, 3.8) is 0 Å². The smallest absolute Gasteiger partial charge is 0.124 e. The van der Waals surface area contributed by atoms with Gasteiger partial charge in [0.25, 0.3) is 0 Å². The summed E-state index contributed by atoms with van der Waals surface area (Å²) in [5.74, 6) is 0. The first-order chi connectivity index (χ1) is 33.0. The zero-order valence-electron chi connectivity index (χ0n) is 39.2. The molecule has 0 spiro atoms. The second-order valence-corrected chi connectivity index (χ2v) is 22.2. The number of fused-ring (bicyclic) bond motifs is 5. The van der Waals surface area contributed by atoms with E-state index in [9.17, 15) is 0 Å². The third-order valence-corrected chi connectivity index (χ3v) is 15.8. The summed E-state index contributed by atoms with van der Waals surface area (Å²) in [5, 5.41) is 9.46. The molecule has 0 fully saturated rings. The summed E-state index contributed by atoms with van der Waals surface area (Å²) in [6.45, 7) is 13.6. The molecule has 0 unspecified atom stereocenters. The molecule has 0 amide bonds. The van der Waals surface area contributed by atoms with Gasteiger partial charge in [-0.05, 0) is 123 Å². The van der Waals surface area contributed by atoms with Gasteiger partial charge < -0.3 is 0 Å². The van der Waals surface area contributed by atoms with Crippen molar-refractivity contribution in [2.75, 3.05) is 0 Å². The maximum atomic E-state index is 5.20. The molecule has 2 nitrogen and oxygen atoms in total. The van der Waals surface area contributed by atoms with Gasteiger partial charge in [0.2, 0.25) is 0 Å². The van der Waals surface area contributed by atoms with Crippen LogP contribution < -0.4 is 0 Å². The number of rotatable bonds is 6. The maximum Gasteiger partial charge on any atom is 0.124 e. The second-order valence-electron chi connectivity index (χ2n) is 20.1. The van der Waals surface area contributed by atoms with Crippen LogP contribution >= 0.6 is 22.7 Å². The molecule has 0 saturated heterocycles. The molecular weight excluding hydrogens is 861 g/mol. The summed E-state index contributed by atoms with van der Waals surface area (Å²) >= 11 is 3.54. The molecule has 0 saturated carbocycles. The Kier molecular flexibility index (Phi) is 10.1. The highest BCUT2D eigenvalue weighted by Crippen LogP contribution is 2.54. The van der Waals surface area contributed by atoms with Crippen molar-refractivity contribution in [2.45, 2.75) is 52.4 Å². The minimum absolute atomic E-state index is 0.0582. The Bertz CT molecular complexity index is 3630. The average Bonchev–Trinajstić information content (AvgIpc) is 4.00. The molecule has 2 aromatic heterocycles. The van der Waals surface area contributed by atoms with Gasteiger partial charge in [0.05, 0.1) is 20.4 Å². The van der Waals surface area contributed by atoms with Gasteiger partial charge >= 0.3 is 0 Å². The lowest BCUT2D eigenvalue weighted by Gasteiger charge is -2.25. The highest BCUT2D eigenvalue weighted by Gasteiger charge is 2.26. The molecule has 12 aromatic rings. The van der Waals surface area contributed by atoms with E-state index < -0.39 is 0 Å². The van der Waals surface area contributed by atoms with Gasteiger partial charge in [-0.3, -0.25) is 0 Å².